The Morgan fingerprint density at radius 3 is 1.82 bits per heavy atom. The molecule has 6 aromatic rings. The number of anilines is 1. The molecule has 4 heterocycles. The van der Waals surface area contributed by atoms with Gasteiger partial charge in [-0.15, -0.1) is 6.42 Å². The molecule has 2 saturated heterocycles. The molecule has 0 spiro atoms. The molecule has 84 heavy (non-hydrogen) atoms. The van der Waals surface area contributed by atoms with Crippen LogP contribution in [0.2, 0.25) is 5.28 Å². The summed E-state index contributed by atoms with van der Waals surface area (Å²) in [4.78, 5) is 52.0. The molecule has 0 amide bonds. The summed E-state index contributed by atoms with van der Waals surface area (Å²) in [5.41, 5.74) is 3.22. The Hall–Kier alpha value is -6.84. The van der Waals surface area contributed by atoms with Gasteiger partial charge in [-0.1, -0.05) is 109 Å². The van der Waals surface area contributed by atoms with Crippen LogP contribution in [0.4, 0.5) is 5.82 Å². The summed E-state index contributed by atoms with van der Waals surface area (Å²) in [7, 11) is -4.94. The zero-order chi connectivity index (χ0) is 59.2. The number of nitrogens with zero attached hydrogens (tertiary/aromatic N) is 5. The van der Waals surface area contributed by atoms with Crippen LogP contribution in [0.25, 0.3) is 11.0 Å². The van der Waals surface area contributed by atoms with Gasteiger partial charge in [0.05, 0.1) is 97.5 Å². The lowest BCUT2D eigenvalue weighted by atomic mass is 9.91. The molecule has 5 atom stereocenters. The Kier molecular flexibility index (Phi) is 24.0. The third kappa shape index (κ3) is 17.2. The summed E-state index contributed by atoms with van der Waals surface area (Å²) in [6.07, 6.45) is 1.13. The minimum absolute atomic E-state index is 0.0599. The van der Waals surface area contributed by atoms with E-state index in [1.54, 1.807) is 55.5 Å². The van der Waals surface area contributed by atoms with E-state index in [2.05, 4.69) is 21.0 Å². The van der Waals surface area contributed by atoms with Gasteiger partial charge in [0.2, 0.25) is 5.28 Å². The Labute approximate surface area is 492 Å². The fourth-order valence-electron chi connectivity index (χ4n) is 9.20. The first-order valence-corrected chi connectivity index (χ1v) is 29.3. The largest absolute Gasteiger partial charge is 0.491 e. The summed E-state index contributed by atoms with van der Waals surface area (Å²) in [6, 6.07) is 34.7. The van der Waals surface area contributed by atoms with Gasteiger partial charge in [0, 0.05) is 32.9 Å². The second-order valence-electron chi connectivity index (χ2n) is 19.3. The molecule has 4 aromatic carbocycles. The van der Waals surface area contributed by atoms with E-state index in [0.717, 1.165) is 11.1 Å². The third-order valence-corrected chi connectivity index (χ3v) is 15.7. The van der Waals surface area contributed by atoms with E-state index in [4.69, 9.17) is 79.2 Å². The molecule has 0 bridgehead atoms. The van der Waals surface area contributed by atoms with E-state index < -0.39 is 68.6 Å². The highest BCUT2D eigenvalue weighted by Gasteiger charge is 2.62. The van der Waals surface area contributed by atoms with Crippen LogP contribution in [0.3, 0.4) is 0 Å². The average molecular weight is 1200 g/mol. The van der Waals surface area contributed by atoms with E-state index in [-0.39, 0.29) is 49.9 Å². The Bertz CT molecular complexity index is 3070. The van der Waals surface area contributed by atoms with Crippen molar-refractivity contribution in [2.24, 2.45) is 0 Å². The van der Waals surface area contributed by atoms with E-state index in [0.29, 0.717) is 94.0 Å². The predicted molar refractivity (Wildman–Crippen MR) is 306 cm³/mol. The van der Waals surface area contributed by atoms with Crippen molar-refractivity contribution in [3.8, 4) is 18.1 Å². The summed E-state index contributed by atoms with van der Waals surface area (Å²) in [5.74, 6) is 1.07. The van der Waals surface area contributed by atoms with Crippen LogP contribution in [0.5, 0.6) is 5.75 Å². The van der Waals surface area contributed by atoms with Crippen molar-refractivity contribution in [3.63, 3.8) is 0 Å². The monoisotopic (exact) mass is 1200 g/mol. The first-order chi connectivity index (χ1) is 40.9. The number of ether oxygens (including phenoxy) is 11. The number of benzene rings is 4. The van der Waals surface area contributed by atoms with Crippen molar-refractivity contribution < 1.29 is 80.1 Å². The first-order valence-electron chi connectivity index (χ1n) is 27.4. The lowest BCUT2D eigenvalue weighted by molar-refractivity contribution is -0.180. The SMILES string of the molecule is C#CCOCCOCCOCCOCCOc1ccc(C2CN(c3nc(Cl)nc4c3cnn4[C@@H]3O[C@H](COC(COCc4ccccc4)(C(=O)OCC)P(=O)(OCc4ccccc4)OCc4ccccc4)[C@@H](OC(C)=O)[C@H]3OC(C)=O)C2)cc1. The van der Waals surface area contributed by atoms with Crippen LogP contribution in [0.1, 0.15) is 55.2 Å². The standard InChI is InChI=1S/C60H69ClN5O17P/c1-5-26-71-27-28-72-29-30-73-31-32-74-33-34-77-50-24-22-48(23-25-50)49-36-65(37-49)55-51-35-62-66(56(51)64-59(61)63-55)57-54(82-44(4)68)53(81-43(3)67)52(83-57)41-78-60(58(69)76-6-2,42-75-38-45-16-10-7-11-17-45)84(70,79-39-46-18-12-8-13-19-46)80-40-47-20-14-9-15-21-47/h1,7-25,35,49,52-54,57H,6,26-34,36-42H2,2-4H3/t52-,53-,54-,57-,60?/m1/s1. The van der Waals surface area contributed by atoms with E-state index >= 15 is 4.57 Å². The van der Waals surface area contributed by atoms with Crippen LogP contribution in [0.15, 0.2) is 121 Å². The number of rotatable bonds is 35. The van der Waals surface area contributed by atoms with Gasteiger partial charge in [-0.05, 0) is 52.9 Å². The molecule has 0 saturated carbocycles. The maximum atomic E-state index is 16.0. The van der Waals surface area contributed by atoms with Gasteiger partial charge >= 0.3 is 25.5 Å². The van der Waals surface area contributed by atoms with E-state index in [9.17, 15) is 14.4 Å². The van der Waals surface area contributed by atoms with Gasteiger partial charge in [0.15, 0.2) is 24.1 Å². The van der Waals surface area contributed by atoms with Gasteiger partial charge in [-0.2, -0.15) is 15.1 Å². The highest BCUT2D eigenvalue weighted by Crippen LogP contribution is 2.63. The van der Waals surface area contributed by atoms with Crippen molar-refractivity contribution in [1.82, 2.24) is 19.7 Å². The fourth-order valence-corrected chi connectivity index (χ4v) is 11.3. The summed E-state index contributed by atoms with van der Waals surface area (Å²) in [5, 5.41) is 2.38. The smallest absolute Gasteiger partial charge is 0.377 e. The van der Waals surface area contributed by atoms with Gasteiger partial charge in [-0.25, -0.2) is 9.48 Å². The van der Waals surface area contributed by atoms with Gasteiger partial charge in [-0.3, -0.25) is 14.2 Å². The molecule has 2 aliphatic heterocycles. The average Bonchev–Trinajstić information content (AvgIpc) is 1.80. The molecule has 0 aliphatic carbocycles. The number of halogens is 1. The van der Waals surface area contributed by atoms with Crippen LogP contribution in [-0.4, -0.2) is 154 Å². The summed E-state index contributed by atoms with van der Waals surface area (Å²) >= 11 is 6.67. The zero-order valence-electron chi connectivity index (χ0n) is 47.0. The molecule has 22 nitrogen and oxygen atoms in total. The maximum absolute atomic E-state index is 16.0. The molecule has 2 fully saturated rings. The van der Waals surface area contributed by atoms with E-state index in [1.807, 2.05) is 71.6 Å². The summed E-state index contributed by atoms with van der Waals surface area (Å²) < 4.78 is 94.5. The van der Waals surface area contributed by atoms with Crippen molar-refractivity contribution in [3.05, 3.63) is 149 Å². The number of carbonyl (C=O) groups excluding carboxylic acids is 3. The fraction of sp³-hybridized carbons (Fsp3) is 0.433. The van der Waals surface area contributed by atoms with Crippen molar-refractivity contribution in [2.45, 2.75) is 76.4 Å². The molecule has 2 aliphatic rings. The number of hydrogen-bond donors (Lipinski definition) is 0. The maximum Gasteiger partial charge on any atom is 0.377 e. The minimum Gasteiger partial charge on any atom is -0.491 e. The molecule has 2 aromatic heterocycles. The number of aromatic nitrogens is 4. The number of carbonyl (C=O) groups is 3. The van der Waals surface area contributed by atoms with Gasteiger partial charge in [0.25, 0.3) is 5.34 Å². The van der Waals surface area contributed by atoms with Crippen LogP contribution < -0.4 is 9.64 Å². The van der Waals surface area contributed by atoms with Gasteiger partial charge in [0.1, 0.15) is 30.9 Å². The Balaban J connectivity index is 0.985. The number of terminal acetylenes is 1. The second kappa shape index (κ2) is 31.9. The van der Waals surface area contributed by atoms with Crippen LogP contribution >= 0.6 is 19.2 Å². The summed E-state index contributed by atoms with van der Waals surface area (Å²) in [6.45, 7) is 6.54. The van der Waals surface area contributed by atoms with Crippen molar-refractivity contribution in [2.75, 3.05) is 97.3 Å². The number of fused-ring (bicyclic) bond motifs is 1. The number of hydrogen-bond acceptors (Lipinski definition) is 21. The molecule has 1 unspecified atom stereocenters. The normalized spacial score (nSPS) is 17.7. The Morgan fingerprint density at radius 2 is 1.26 bits per heavy atom. The lowest BCUT2D eigenvalue weighted by Crippen LogP contribution is -2.50. The molecule has 24 heteroatoms. The Morgan fingerprint density at radius 1 is 0.714 bits per heavy atom. The van der Waals surface area contributed by atoms with Gasteiger partial charge < -0.3 is 66.1 Å². The minimum atomic E-state index is -4.94. The zero-order valence-corrected chi connectivity index (χ0v) is 48.7. The molecular formula is C60H69ClN5O17P. The van der Waals surface area contributed by atoms with E-state index in [1.165, 1.54) is 24.7 Å². The molecular weight excluding hydrogens is 1130 g/mol. The highest BCUT2D eigenvalue weighted by molar-refractivity contribution is 7.56. The third-order valence-electron chi connectivity index (χ3n) is 13.3. The molecule has 0 N–H and O–H groups in total. The highest BCUT2D eigenvalue weighted by atomic mass is 35.5. The number of esters is 3. The topological polar surface area (TPSA) is 235 Å². The van der Waals surface area contributed by atoms with Crippen LogP contribution in [-0.2, 0) is 95.2 Å². The quantitative estimate of drug-likeness (QED) is 0.00914. The van der Waals surface area contributed by atoms with Crippen molar-refractivity contribution in [1.29, 1.82) is 0 Å². The van der Waals surface area contributed by atoms with Crippen LogP contribution in [0, 0.1) is 12.3 Å². The molecule has 448 valence electrons. The first kappa shape index (κ1) is 63.2. The molecule has 0 radical (unpaired) electrons. The second-order valence-corrected chi connectivity index (χ2v) is 21.9. The lowest BCUT2D eigenvalue weighted by Gasteiger charge is -2.40. The molecule has 8 rings (SSSR count). The predicted octanol–water partition coefficient (Wildman–Crippen LogP) is 8.04. The van der Waals surface area contributed by atoms with Crippen molar-refractivity contribution >= 4 is 54.0 Å².